The van der Waals surface area contributed by atoms with Gasteiger partial charge in [0.05, 0.1) is 23.7 Å². The quantitative estimate of drug-likeness (QED) is 0.480. The summed E-state index contributed by atoms with van der Waals surface area (Å²) >= 11 is 0. The first-order valence-corrected chi connectivity index (χ1v) is 9.61. The topological polar surface area (TPSA) is 119 Å². The molecule has 4 aromatic rings. The van der Waals surface area contributed by atoms with E-state index in [1.165, 1.54) is 12.4 Å². The molecule has 1 fully saturated rings. The maximum atomic E-state index is 12.7. The van der Waals surface area contributed by atoms with Crippen LogP contribution in [0.3, 0.4) is 0 Å². The number of nitrogens with zero attached hydrogens (tertiary/aromatic N) is 6. The van der Waals surface area contributed by atoms with E-state index >= 15 is 0 Å². The van der Waals surface area contributed by atoms with Crippen molar-refractivity contribution < 1.29 is 4.79 Å². The largest absolute Gasteiger partial charge is 0.383 e. The second kappa shape index (κ2) is 6.80. The van der Waals surface area contributed by atoms with E-state index in [4.69, 9.17) is 10.8 Å². The van der Waals surface area contributed by atoms with Crippen LogP contribution in [0.5, 0.6) is 0 Å². The van der Waals surface area contributed by atoms with Crippen molar-refractivity contribution in [3.8, 4) is 11.3 Å². The molecule has 3 aromatic heterocycles. The molecule has 0 atom stereocenters. The molecule has 1 saturated carbocycles. The number of para-hydroxylation sites is 1. The highest BCUT2D eigenvalue weighted by Gasteiger charge is 2.49. The van der Waals surface area contributed by atoms with Gasteiger partial charge >= 0.3 is 0 Å². The first-order valence-electron chi connectivity index (χ1n) is 9.61. The standard InChI is InChI=1S/C21H20N8O/c1-2-16(30)28(15-6-4-3-5-7-15)12-21(8-9-21)29-20-17(19(22)23-13-24-20)18(27-29)14-10-25-26-11-14/h2-7,10-11,13H,1,8-9,12H2,(H,25,26)(H2,22,23,24). The van der Waals surface area contributed by atoms with Gasteiger partial charge in [-0.25, -0.2) is 14.6 Å². The molecule has 0 bridgehead atoms. The molecule has 0 spiro atoms. The van der Waals surface area contributed by atoms with Gasteiger partial charge in [-0.1, -0.05) is 24.8 Å². The number of nitrogens with one attached hydrogen (secondary N) is 1. The molecule has 1 aromatic carbocycles. The van der Waals surface area contributed by atoms with Crippen molar-refractivity contribution in [3.05, 3.63) is 61.7 Å². The normalized spacial score (nSPS) is 14.5. The summed E-state index contributed by atoms with van der Waals surface area (Å²) in [7, 11) is 0. The number of rotatable bonds is 6. The average Bonchev–Trinajstić information content (AvgIpc) is 3.17. The Bertz CT molecular complexity index is 1220. The van der Waals surface area contributed by atoms with Gasteiger partial charge < -0.3 is 10.6 Å². The van der Waals surface area contributed by atoms with Crippen molar-refractivity contribution in [1.29, 1.82) is 0 Å². The summed E-state index contributed by atoms with van der Waals surface area (Å²) in [5.74, 6) is 0.202. The predicted octanol–water partition coefficient (Wildman–Crippen LogP) is 2.51. The van der Waals surface area contributed by atoms with Gasteiger partial charge in [-0.3, -0.25) is 9.89 Å². The number of nitrogens with two attached hydrogens (primary N) is 1. The average molecular weight is 400 g/mol. The number of carbonyl (C=O) groups is 1. The van der Waals surface area contributed by atoms with Crippen molar-refractivity contribution in [2.45, 2.75) is 18.4 Å². The first kappa shape index (κ1) is 18.0. The van der Waals surface area contributed by atoms with Crippen LogP contribution in [0.25, 0.3) is 22.3 Å². The van der Waals surface area contributed by atoms with Crippen LogP contribution in [0.4, 0.5) is 11.5 Å². The maximum absolute atomic E-state index is 12.7. The van der Waals surface area contributed by atoms with Gasteiger partial charge in [0.1, 0.15) is 17.8 Å². The monoisotopic (exact) mass is 400 g/mol. The Labute approximate surface area is 172 Å². The Morgan fingerprint density at radius 3 is 2.77 bits per heavy atom. The van der Waals surface area contributed by atoms with E-state index in [2.05, 4.69) is 26.7 Å². The Morgan fingerprint density at radius 2 is 2.10 bits per heavy atom. The number of carbonyl (C=O) groups excluding carboxylic acids is 1. The summed E-state index contributed by atoms with van der Waals surface area (Å²) < 4.78 is 1.90. The summed E-state index contributed by atoms with van der Waals surface area (Å²) in [4.78, 5) is 23.0. The van der Waals surface area contributed by atoms with Gasteiger partial charge in [-0.05, 0) is 31.1 Å². The molecular formula is C21H20N8O. The van der Waals surface area contributed by atoms with Crippen molar-refractivity contribution in [3.63, 3.8) is 0 Å². The minimum absolute atomic E-state index is 0.159. The molecular weight excluding hydrogens is 380 g/mol. The molecule has 0 radical (unpaired) electrons. The number of amides is 1. The number of nitrogen functional groups attached to an aromatic ring is 1. The lowest BCUT2D eigenvalue weighted by Crippen LogP contribution is -2.39. The Balaban J connectivity index is 1.62. The van der Waals surface area contributed by atoms with E-state index in [0.717, 1.165) is 24.1 Å². The van der Waals surface area contributed by atoms with Crippen molar-refractivity contribution in [2.75, 3.05) is 17.2 Å². The summed E-state index contributed by atoms with van der Waals surface area (Å²) in [6.45, 7) is 4.12. The molecule has 1 aliphatic carbocycles. The van der Waals surface area contributed by atoms with Gasteiger partial charge in [-0.2, -0.15) is 10.2 Å². The summed E-state index contributed by atoms with van der Waals surface area (Å²) in [6, 6.07) is 9.56. The molecule has 9 heteroatoms. The summed E-state index contributed by atoms with van der Waals surface area (Å²) in [6.07, 6.45) is 7.96. The third-order valence-electron chi connectivity index (χ3n) is 5.50. The molecule has 0 saturated heterocycles. The highest BCUT2D eigenvalue weighted by Crippen LogP contribution is 2.47. The van der Waals surface area contributed by atoms with Crippen LogP contribution < -0.4 is 10.6 Å². The molecule has 30 heavy (non-hydrogen) atoms. The van der Waals surface area contributed by atoms with Crippen LogP contribution in [-0.4, -0.2) is 42.4 Å². The summed E-state index contributed by atoms with van der Waals surface area (Å²) in [5.41, 5.74) is 8.75. The van der Waals surface area contributed by atoms with Gasteiger partial charge in [0.15, 0.2) is 5.65 Å². The SMILES string of the molecule is C=CC(=O)N(CC1(n2nc(-c3cn[nH]c3)c3c(N)ncnc32)CC1)c1ccccc1. The van der Waals surface area contributed by atoms with Gasteiger partial charge in [0.25, 0.3) is 0 Å². The Hall–Kier alpha value is -4.01. The number of benzene rings is 1. The molecule has 9 nitrogen and oxygen atoms in total. The minimum atomic E-state index is -0.379. The zero-order chi connectivity index (χ0) is 20.7. The van der Waals surface area contributed by atoms with E-state index in [1.54, 1.807) is 17.3 Å². The number of hydrogen-bond acceptors (Lipinski definition) is 6. The lowest BCUT2D eigenvalue weighted by atomic mass is 10.2. The fourth-order valence-electron chi connectivity index (χ4n) is 3.78. The molecule has 150 valence electrons. The molecule has 3 heterocycles. The van der Waals surface area contributed by atoms with Gasteiger partial charge in [0, 0.05) is 17.4 Å². The first-order chi connectivity index (χ1) is 14.6. The van der Waals surface area contributed by atoms with E-state index < -0.39 is 0 Å². The van der Waals surface area contributed by atoms with Crippen LogP contribution in [0.15, 0.2) is 61.7 Å². The molecule has 0 unspecified atom stereocenters. The number of H-pyrrole nitrogens is 1. The highest BCUT2D eigenvalue weighted by molar-refractivity contribution is 6.01. The van der Waals surface area contributed by atoms with E-state index in [-0.39, 0.29) is 11.4 Å². The second-order valence-electron chi connectivity index (χ2n) is 7.39. The van der Waals surface area contributed by atoms with Crippen LogP contribution in [0, 0.1) is 0 Å². The van der Waals surface area contributed by atoms with E-state index in [0.29, 0.717) is 29.1 Å². The van der Waals surface area contributed by atoms with Crippen molar-refractivity contribution in [2.24, 2.45) is 0 Å². The fourth-order valence-corrected chi connectivity index (χ4v) is 3.78. The fraction of sp³-hybridized carbons (Fsp3) is 0.190. The Kier molecular flexibility index (Phi) is 4.09. The van der Waals surface area contributed by atoms with Crippen LogP contribution in [-0.2, 0) is 10.3 Å². The minimum Gasteiger partial charge on any atom is -0.383 e. The number of fused-ring (bicyclic) bond motifs is 1. The molecule has 1 aliphatic rings. The lowest BCUT2D eigenvalue weighted by Gasteiger charge is -2.27. The smallest absolute Gasteiger partial charge is 0.250 e. The van der Waals surface area contributed by atoms with E-state index in [1.807, 2.05) is 35.0 Å². The van der Waals surface area contributed by atoms with Gasteiger partial charge in [-0.15, -0.1) is 0 Å². The molecule has 3 N–H and O–H groups in total. The zero-order valence-corrected chi connectivity index (χ0v) is 16.2. The highest BCUT2D eigenvalue weighted by atomic mass is 16.2. The molecule has 0 aliphatic heterocycles. The third kappa shape index (κ3) is 2.83. The second-order valence-corrected chi connectivity index (χ2v) is 7.39. The van der Waals surface area contributed by atoms with E-state index in [9.17, 15) is 4.79 Å². The Morgan fingerprint density at radius 1 is 1.30 bits per heavy atom. The summed E-state index contributed by atoms with van der Waals surface area (Å²) in [5, 5.41) is 12.4. The maximum Gasteiger partial charge on any atom is 0.250 e. The van der Waals surface area contributed by atoms with Crippen LogP contribution >= 0.6 is 0 Å². The molecule has 1 amide bonds. The van der Waals surface area contributed by atoms with Crippen molar-refractivity contribution in [1.82, 2.24) is 29.9 Å². The predicted molar refractivity (Wildman–Crippen MR) is 114 cm³/mol. The molecule has 5 rings (SSSR count). The number of aromatic nitrogens is 6. The number of anilines is 2. The lowest BCUT2D eigenvalue weighted by molar-refractivity contribution is -0.114. The third-order valence-corrected chi connectivity index (χ3v) is 5.50. The van der Waals surface area contributed by atoms with Gasteiger partial charge in [0.2, 0.25) is 5.91 Å². The number of hydrogen-bond donors (Lipinski definition) is 2. The van der Waals surface area contributed by atoms with Crippen LogP contribution in [0.2, 0.25) is 0 Å². The number of aromatic amines is 1. The van der Waals surface area contributed by atoms with Crippen molar-refractivity contribution >= 4 is 28.4 Å². The zero-order valence-electron chi connectivity index (χ0n) is 16.2. The van der Waals surface area contributed by atoms with Crippen LogP contribution in [0.1, 0.15) is 12.8 Å².